The number of hydrogen-bond donors (Lipinski definition) is 1. The topological polar surface area (TPSA) is 82.1 Å². The van der Waals surface area contributed by atoms with Crippen LogP contribution in [-0.4, -0.2) is 26.6 Å². The molecule has 0 aliphatic heterocycles. The third kappa shape index (κ3) is 3.56. The molecule has 0 spiro atoms. The van der Waals surface area contributed by atoms with Crippen molar-refractivity contribution in [1.82, 2.24) is 19.4 Å². The van der Waals surface area contributed by atoms with E-state index >= 15 is 0 Å². The van der Waals surface area contributed by atoms with Crippen LogP contribution in [0.4, 0.5) is 0 Å². The van der Waals surface area contributed by atoms with Crippen molar-refractivity contribution < 1.29 is 9.21 Å². The number of nitrogens with zero attached hydrogens (tertiary/aromatic N) is 3. The Labute approximate surface area is 158 Å². The summed E-state index contributed by atoms with van der Waals surface area (Å²) >= 11 is 1.64. The molecule has 3 aromatic heterocycles. The first-order chi connectivity index (χ1) is 13.1. The Balaban J connectivity index is 1.37. The van der Waals surface area contributed by atoms with E-state index in [1.54, 1.807) is 35.6 Å². The molecule has 1 N–H and O–H groups in total. The van der Waals surface area contributed by atoms with E-state index in [4.69, 9.17) is 4.42 Å². The molecule has 4 aromatic rings. The van der Waals surface area contributed by atoms with E-state index < -0.39 is 5.76 Å². The van der Waals surface area contributed by atoms with Crippen LogP contribution in [0.3, 0.4) is 0 Å². The highest BCUT2D eigenvalue weighted by Crippen LogP contribution is 2.23. The van der Waals surface area contributed by atoms with Crippen LogP contribution >= 0.6 is 11.3 Å². The van der Waals surface area contributed by atoms with Crippen molar-refractivity contribution in [2.75, 3.05) is 6.54 Å². The zero-order chi connectivity index (χ0) is 18.8. The van der Waals surface area contributed by atoms with Crippen LogP contribution in [-0.2, 0) is 24.8 Å². The minimum absolute atomic E-state index is 0.0726. The Morgan fingerprint density at radius 2 is 2.11 bits per heavy atom. The minimum atomic E-state index is -0.531. The Morgan fingerprint density at radius 3 is 2.93 bits per heavy atom. The van der Waals surface area contributed by atoms with Crippen LogP contribution in [0.25, 0.3) is 21.7 Å². The van der Waals surface area contributed by atoms with Crippen molar-refractivity contribution in [3.63, 3.8) is 0 Å². The predicted octanol–water partition coefficient (Wildman–Crippen LogP) is 2.42. The lowest BCUT2D eigenvalue weighted by Crippen LogP contribution is -2.32. The highest BCUT2D eigenvalue weighted by Gasteiger charge is 2.13. The van der Waals surface area contributed by atoms with E-state index in [1.165, 1.54) is 4.57 Å². The molecular weight excluding hydrogens is 364 g/mol. The molecule has 0 saturated heterocycles. The van der Waals surface area contributed by atoms with Crippen LogP contribution in [0.5, 0.6) is 0 Å². The van der Waals surface area contributed by atoms with E-state index in [0.29, 0.717) is 24.1 Å². The van der Waals surface area contributed by atoms with Crippen molar-refractivity contribution in [3.8, 4) is 10.6 Å². The number of fused-ring (bicyclic) bond motifs is 1. The van der Waals surface area contributed by atoms with Crippen LogP contribution in [0.1, 0.15) is 5.82 Å². The molecular formula is C19H18N4O3S. The van der Waals surface area contributed by atoms with E-state index in [-0.39, 0.29) is 12.5 Å². The molecule has 0 aliphatic rings. The molecule has 27 heavy (non-hydrogen) atoms. The molecule has 0 aliphatic carbocycles. The number of nitrogens with one attached hydrogen (secondary N) is 1. The largest absolute Gasteiger partial charge is 0.420 e. The molecule has 1 amide bonds. The summed E-state index contributed by atoms with van der Waals surface area (Å²) in [5.41, 5.74) is 2.03. The minimum Gasteiger partial charge on any atom is -0.408 e. The van der Waals surface area contributed by atoms with Gasteiger partial charge in [0.2, 0.25) is 5.91 Å². The highest BCUT2D eigenvalue weighted by atomic mass is 32.1. The van der Waals surface area contributed by atoms with Crippen molar-refractivity contribution in [3.05, 3.63) is 64.4 Å². The number of amides is 1. The second kappa shape index (κ2) is 7.24. The second-order valence-electron chi connectivity index (χ2n) is 6.15. The van der Waals surface area contributed by atoms with Gasteiger partial charge < -0.3 is 14.3 Å². The van der Waals surface area contributed by atoms with Gasteiger partial charge >= 0.3 is 5.76 Å². The molecule has 4 rings (SSSR count). The Kier molecular flexibility index (Phi) is 4.64. The average Bonchev–Trinajstić information content (AvgIpc) is 3.36. The molecule has 1 aromatic carbocycles. The van der Waals surface area contributed by atoms with Gasteiger partial charge in [-0.3, -0.25) is 9.36 Å². The lowest BCUT2D eigenvalue weighted by molar-refractivity contribution is -0.121. The number of rotatable bonds is 6. The molecule has 0 radical (unpaired) electrons. The number of carbonyl (C=O) groups excluding carboxylic acids is 1. The van der Waals surface area contributed by atoms with Gasteiger partial charge in [0.25, 0.3) is 0 Å². The van der Waals surface area contributed by atoms with Gasteiger partial charge in [-0.05, 0) is 23.6 Å². The number of carbonyl (C=O) groups is 1. The summed E-state index contributed by atoms with van der Waals surface area (Å²) in [6, 6.07) is 11.1. The van der Waals surface area contributed by atoms with Crippen LogP contribution < -0.4 is 11.1 Å². The van der Waals surface area contributed by atoms with Gasteiger partial charge in [0.05, 0.1) is 16.1 Å². The predicted molar refractivity (Wildman–Crippen MR) is 104 cm³/mol. The number of hydrogen-bond acceptors (Lipinski definition) is 5. The lowest BCUT2D eigenvalue weighted by Gasteiger charge is -2.06. The van der Waals surface area contributed by atoms with Crippen molar-refractivity contribution >= 4 is 28.3 Å². The number of thiophene rings is 1. The quantitative estimate of drug-likeness (QED) is 0.555. The van der Waals surface area contributed by atoms with Crippen molar-refractivity contribution in [1.29, 1.82) is 0 Å². The van der Waals surface area contributed by atoms with Gasteiger partial charge in [-0.1, -0.05) is 18.2 Å². The third-order valence-electron chi connectivity index (χ3n) is 4.29. The zero-order valence-corrected chi connectivity index (χ0v) is 15.5. The maximum Gasteiger partial charge on any atom is 0.420 e. The van der Waals surface area contributed by atoms with Gasteiger partial charge in [-0.2, -0.15) is 0 Å². The number of benzene rings is 1. The summed E-state index contributed by atoms with van der Waals surface area (Å²) in [5.74, 6) is 0.122. The first-order valence-corrected chi connectivity index (χ1v) is 9.41. The molecule has 3 heterocycles. The zero-order valence-electron chi connectivity index (χ0n) is 14.7. The van der Waals surface area contributed by atoms with Gasteiger partial charge in [0, 0.05) is 26.2 Å². The van der Waals surface area contributed by atoms with E-state index in [9.17, 15) is 9.59 Å². The van der Waals surface area contributed by atoms with Gasteiger partial charge in [0.15, 0.2) is 5.58 Å². The third-order valence-corrected chi connectivity index (χ3v) is 5.18. The smallest absolute Gasteiger partial charge is 0.408 e. The number of aryl methyl sites for hydroxylation is 1. The molecule has 0 saturated carbocycles. The average molecular weight is 382 g/mol. The van der Waals surface area contributed by atoms with E-state index in [0.717, 1.165) is 16.4 Å². The van der Waals surface area contributed by atoms with Crippen LogP contribution in [0.2, 0.25) is 0 Å². The number of oxazole rings is 1. The standard InChI is InChI=1S/C19H18N4O3S/c1-22-11-13(16-7-4-10-27-16)21-17(22)8-9-20-18(24)12-23-14-5-2-3-6-15(14)26-19(23)25/h2-7,10-11H,8-9,12H2,1H3,(H,20,24). The number of para-hydroxylation sites is 2. The lowest BCUT2D eigenvalue weighted by atomic mass is 10.3. The van der Waals surface area contributed by atoms with Gasteiger partial charge in [-0.15, -0.1) is 11.3 Å². The molecule has 7 nitrogen and oxygen atoms in total. The summed E-state index contributed by atoms with van der Waals surface area (Å²) in [6.45, 7) is 0.370. The van der Waals surface area contributed by atoms with E-state index in [2.05, 4.69) is 10.3 Å². The fraction of sp³-hybridized carbons (Fsp3) is 0.211. The van der Waals surface area contributed by atoms with Gasteiger partial charge in [0.1, 0.15) is 12.4 Å². The highest BCUT2D eigenvalue weighted by molar-refractivity contribution is 7.13. The molecule has 0 fully saturated rings. The van der Waals surface area contributed by atoms with Crippen molar-refractivity contribution in [2.24, 2.45) is 7.05 Å². The first kappa shape index (κ1) is 17.3. The summed E-state index contributed by atoms with van der Waals surface area (Å²) in [7, 11) is 1.94. The summed E-state index contributed by atoms with van der Waals surface area (Å²) in [6.07, 6.45) is 2.59. The SMILES string of the molecule is Cn1cc(-c2cccs2)nc1CCNC(=O)Cn1c(=O)oc2ccccc21. The normalized spacial score (nSPS) is 11.1. The fourth-order valence-corrected chi connectivity index (χ4v) is 3.64. The van der Waals surface area contributed by atoms with Crippen LogP contribution in [0, 0.1) is 0 Å². The molecule has 138 valence electrons. The summed E-state index contributed by atoms with van der Waals surface area (Å²) in [5, 5.41) is 4.86. The Bertz CT molecular complexity index is 1140. The van der Waals surface area contributed by atoms with E-state index in [1.807, 2.05) is 35.3 Å². The summed E-state index contributed by atoms with van der Waals surface area (Å²) < 4.78 is 8.44. The fourth-order valence-electron chi connectivity index (χ4n) is 2.96. The van der Waals surface area contributed by atoms with Gasteiger partial charge in [-0.25, -0.2) is 9.78 Å². The van der Waals surface area contributed by atoms with Crippen molar-refractivity contribution in [2.45, 2.75) is 13.0 Å². The summed E-state index contributed by atoms with van der Waals surface area (Å²) in [4.78, 5) is 29.9. The first-order valence-electron chi connectivity index (χ1n) is 8.53. The maximum absolute atomic E-state index is 12.2. The Morgan fingerprint density at radius 1 is 1.26 bits per heavy atom. The molecule has 0 bridgehead atoms. The Hall–Kier alpha value is -3.13. The molecule has 0 atom stereocenters. The number of imidazole rings is 1. The van der Waals surface area contributed by atoms with Crippen LogP contribution in [0.15, 0.2) is 57.2 Å². The molecule has 8 heteroatoms. The molecule has 0 unspecified atom stereocenters. The maximum atomic E-state index is 12.2. The second-order valence-corrected chi connectivity index (χ2v) is 7.10. The number of aromatic nitrogens is 3. The monoisotopic (exact) mass is 382 g/mol.